The standard InChI is InChI=1S/C11H18FN3/c1-11(2)6-4-3-5-7(11)9-8(12)10(13)15-14-9/h7H,3-6H2,1-2H3,(H3,13,14,15). The van der Waals surface area contributed by atoms with Crippen LogP contribution in [0.1, 0.15) is 51.1 Å². The fourth-order valence-electron chi connectivity index (χ4n) is 2.62. The van der Waals surface area contributed by atoms with Gasteiger partial charge in [0, 0.05) is 5.92 Å². The SMILES string of the molecule is CC1(C)CCCCC1c1[nH]nc(N)c1F. The second kappa shape index (κ2) is 3.51. The van der Waals surface area contributed by atoms with Gasteiger partial charge in [-0.15, -0.1) is 0 Å². The molecule has 84 valence electrons. The molecule has 0 radical (unpaired) electrons. The number of nitrogens with zero attached hydrogens (tertiary/aromatic N) is 1. The monoisotopic (exact) mass is 211 g/mol. The van der Waals surface area contributed by atoms with Crippen LogP contribution in [0, 0.1) is 11.2 Å². The maximum atomic E-state index is 13.7. The molecule has 1 unspecified atom stereocenters. The van der Waals surface area contributed by atoms with Crippen LogP contribution >= 0.6 is 0 Å². The summed E-state index contributed by atoms with van der Waals surface area (Å²) < 4.78 is 13.7. The molecule has 1 atom stereocenters. The molecule has 0 amide bonds. The third kappa shape index (κ3) is 1.73. The Morgan fingerprint density at radius 1 is 1.47 bits per heavy atom. The van der Waals surface area contributed by atoms with Crippen molar-refractivity contribution in [3.05, 3.63) is 11.5 Å². The number of hydrogen-bond donors (Lipinski definition) is 2. The van der Waals surface area contributed by atoms with Gasteiger partial charge in [0.2, 0.25) is 0 Å². The average Bonchev–Trinajstić information content (AvgIpc) is 2.48. The largest absolute Gasteiger partial charge is 0.380 e. The molecule has 1 aliphatic rings. The van der Waals surface area contributed by atoms with Crippen LogP contribution in [0.5, 0.6) is 0 Å². The summed E-state index contributed by atoms with van der Waals surface area (Å²) in [6.07, 6.45) is 4.54. The van der Waals surface area contributed by atoms with E-state index in [-0.39, 0.29) is 23.0 Å². The number of aromatic nitrogens is 2. The summed E-state index contributed by atoms with van der Waals surface area (Å²) in [7, 11) is 0. The van der Waals surface area contributed by atoms with Gasteiger partial charge in [0.05, 0.1) is 5.69 Å². The Morgan fingerprint density at radius 3 is 2.73 bits per heavy atom. The van der Waals surface area contributed by atoms with Crippen LogP contribution in [0.15, 0.2) is 0 Å². The summed E-state index contributed by atoms with van der Waals surface area (Å²) in [4.78, 5) is 0. The van der Waals surface area contributed by atoms with Gasteiger partial charge in [0.15, 0.2) is 11.6 Å². The molecule has 1 heterocycles. The van der Waals surface area contributed by atoms with Crippen LogP contribution < -0.4 is 5.73 Å². The van der Waals surface area contributed by atoms with Crippen LogP contribution in [-0.4, -0.2) is 10.2 Å². The van der Waals surface area contributed by atoms with Crippen molar-refractivity contribution in [2.45, 2.75) is 45.4 Å². The predicted octanol–water partition coefficient (Wildman–Crippen LogP) is 2.81. The lowest BCUT2D eigenvalue weighted by molar-refractivity contribution is 0.192. The van der Waals surface area contributed by atoms with Gasteiger partial charge in [-0.05, 0) is 18.3 Å². The van der Waals surface area contributed by atoms with E-state index in [9.17, 15) is 4.39 Å². The molecule has 0 spiro atoms. The molecule has 1 fully saturated rings. The fourth-order valence-corrected chi connectivity index (χ4v) is 2.62. The van der Waals surface area contributed by atoms with Crippen molar-refractivity contribution in [3.63, 3.8) is 0 Å². The van der Waals surface area contributed by atoms with E-state index in [2.05, 4.69) is 24.0 Å². The molecule has 0 bridgehead atoms. The highest BCUT2D eigenvalue weighted by Crippen LogP contribution is 2.47. The van der Waals surface area contributed by atoms with E-state index < -0.39 is 0 Å². The number of H-pyrrole nitrogens is 1. The van der Waals surface area contributed by atoms with Crippen molar-refractivity contribution in [2.75, 3.05) is 5.73 Å². The maximum absolute atomic E-state index is 13.7. The molecule has 0 saturated heterocycles. The zero-order valence-corrected chi connectivity index (χ0v) is 9.31. The van der Waals surface area contributed by atoms with Crippen LogP contribution in [0.4, 0.5) is 10.2 Å². The van der Waals surface area contributed by atoms with Crippen LogP contribution in [0.2, 0.25) is 0 Å². The molecule has 1 aromatic heterocycles. The van der Waals surface area contributed by atoms with Crippen LogP contribution in [-0.2, 0) is 0 Å². The van der Waals surface area contributed by atoms with Crippen molar-refractivity contribution in [1.29, 1.82) is 0 Å². The quantitative estimate of drug-likeness (QED) is 0.750. The van der Waals surface area contributed by atoms with Gasteiger partial charge in [0.25, 0.3) is 0 Å². The third-order valence-electron chi connectivity index (χ3n) is 3.61. The number of nitrogens with two attached hydrogens (primary N) is 1. The number of anilines is 1. The van der Waals surface area contributed by atoms with Gasteiger partial charge in [-0.1, -0.05) is 26.7 Å². The Morgan fingerprint density at radius 2 is 2.20 bits per heavy atom. The first-order chi connectivity index (χ1) is 7.02. The molecule has 4 heteroatoms. The number of aromatic amines is 1. The van der Waals surface area contributed by atoms with Gasteiger partial charge in [0.1, 0.15) is 0 Å². The smallest absolute Gasteiger partial charge is 0.188 e. The molecule has 2 rings (SSSR count). The summed E-state index contributed by atoms with van der Waals surface area (Å²) in [5.41, 5.74) is 6.15. The molecule has 3 nitrogen and oxygen atoms in total. The van der Waals surface area contributed by atoms with Crippen molar-refractivity contribution >= 4 is 5.82 Å². The fraction of sp³-hybridized carbons (Fsp3) is 0.727. The lowest BCUT2D eigenvalue weighted by Crippen LogP contribution is -2.27. The van der Waals surface area contributed by atoms with Gasteiger partial charge >= 0.3 is 0 Å². The molecule has 0 aliphatic heterocycles. The zero-order valence-electron chi connectivity index (χ0n) is 9.31. The Labute approximate surface area is 89.2 Å². The minimum atomic E-state index is -0.352. The summed E-state index contributed by atoms with van der Waals surface area (Å²) >= 11 is 0. The molecule has 3 N–H and O–H groups in total. The summed E-state index contributed by atoms with van der Waals surface area (Å²) in [6, 6.07) is 0. The van der Waals surface area contributed by atoms with E-state index in [0.29, 0.717) is 5.69 Å². The normalized spacial score (nSPS) is 25.4. The molecule has 15 heavy (non-hydrogen) atoms. The van der Waals surface area contributed by atoms with Crippen molar-refractivity contribution in [1.82, 2.24) is 10.2 Å². The van der Waals surface area contributed by atoms with Gasteiger partial charge in [-0.2, -0.15) is 5.10 Å². The third-order valence-corrected chi connectivity index (χ3v) is 3.61. The molecule has 1 aromatic rings. The van der Waals surface area contributed by atoms with Crippen molar-refractivity contribution in [2.24, 2.45) is 5.41 Å². The highest BCUT2D eigenvalue weighted by Gasteiger charge is 2.36. The zero-order chi connectivity index (χ0) is 11.1. The Kier molecular flexibility index (Phi) is 2.44. The van der Waals surface area contributed by atoms with Crippen molar-refractivity contribution in [3.8, 4) is 0 Å². The van der Waals surface area contributed by atoms with Gasteiger partial charge in [-0.3, -0.25) is 5.10 Å². The second-order valence-electron chi connectivity index (χ2n) is 5.12. The van der Waals surface area contributed by atoms with Crippen LogP contribution in [0.25, 0.3) is 0 Å². The van der Waals surface area contributed by atoms with Gasteiger partial charge in [-0.25, -0.2) is 4.39 Å². The first-order valence-electron chi connectivity index (χ1n) is 5.51. The lowest BCUT2D eigenvalue weighted by atomic mass is 9.67. The van der Waals surface area contributed by atoms with Crippen LogP contribution in [0.3, 0.4) is 0 Å². The number of hydrogen-bond acceptors (Lipinski definition) is 2. The predicted molar refractivity (Wildman–Crippen MR) is 57.9 cm³/mol. The topological polar surface area (TPSA) is 54.7 Å². The highest BCUT2D eigenvalue weighted by atomic mass is 19.1. The van der Waals surface area contributed by atoms with E-state index in [4.69, 9.17) is 5.73 Å². The maximum Gasteiger partial charge on any atom is 0.188 e. The first-order valence-corrected chi connectivity index (χ1v) is 5.51. The summed E-state index contributed by atoms with van der Waals surface area (Å²) in [5.74, 6) is -0.141. The second-order valence-corrected chi connectivity index (χ2v) is 5.12. The highest BCUT2D eigenvalue weighted by molar-refractivity contribution is 5.34. The minimum absolute atomic E-state index is 0.00799. The molecule has 1 saturated carbocycles. The van der Waals surface area contributed by atoms with E-state index in [1.165, 1.54) is 6.42 Å². The Hall–Kier alpha value is -1.06. The van der Waals surface area contributed by atoms with E-state index in [1.54, 1.807) is 0 Å². The average molecular weight is 211 g/mol. The first kappa shape index (κ1) is 10.5. The van der Waals surface area contributed by atoms with E-state index in [1.807, 2.05) is 0 Å². The van der Waals surface area contributed by atoms with E-state index in [0.717, 1.165) is 19.3 Å². The summed E-state index contributed by atoms with van der Waals surface area (Å²) in [6.45, 7) is 4.38. The van der Waals surface area contributed by atoms with Crippen molar-refractivity contribution < 1.29 is 4.39 Å². The summed E-state index contributed by atoms with van der Waals surface area (Å²) in [5, 5.41) is 6.48. The van der Waals surface area contributed by atoms with Gasteiger partial charge < -0.3 is 5.73 Å². The van der Waals surface area contributed by atoms with E-state index >= 15 is 0 Å². The number of nitrogens with one attached hydrogen (secondary N) is 1. The number of rotatable bonds is 1. The lowest BCUT2D eigenvalue weighted by Gasteiger charge is -2.37. The minimum Gasteiger partial charge on any atom is -0.380 e. The molecule has 1 aliphatic carbocycles. The Bertz CT molecular complexity index is 357. The molecular formula is C11H18FN3. The Balaban J connectivity index is 2.33. The molecule has 0 aromatic carbocycles. The number of nitrogen functional groups attached to an aromatic ring is 1. The number of halogens is 1. The molecular weight excluding hydrogens is 193 g/mol.